The molecule has 0 amide bonds. The molecule has 1 rings (SSSR count). The molecule has 4 unspecified atom stereocenters. The lowest BCUT2D eigenvalue weighted by molar-refractivity contribution is 0.519. The standard InChI is InChI=1S/C13H25NS2/c1-6-14-12(7-9(2)3)13-8-15-10(4)11(5)16-13/h10-14H,2,6-8H2,1,3-5H3. The van der Waals surface area contributed by atoms with Crippen LogP contribution in [0.4, 0.5) is 0 Å². The van der Waals surface area contributed by atoms with E-state index in [1.807, 2.05) is 0 Å². The highest BCUT2D eigenvalue weighted by atomic mass is 32.2. The average Bonchev–Trinajstić information content (AvgIpc) is 2.21. The summed E-state index contributed by atoms with van der Waals surface area (Å²) in [4.78, 5) is 0. The molecular formula is C13H25NS2. The SMILES string of the molecule is C=C(C)CC(NCC)C1CSC(C)C(C)S1. The number of hydrogen-bond acceptors (Lipinski definition) is 3. The molecule has 1 N–H and O–H groups in total. The van der Waals surface area contributed by atoms with Gasteiger partial charge >= 0.3 is 0 Å². The van der Waals surface area contributed by atoms with Crippen molar-refractivity contribution in [2.24, 2.45) is 0 Å². The highest BCUT2D eigenvalue weighted by Crippen LogP contribution is 2.37. The van der Waals surface area contributed by atoms with Gasteiger partial charge in [0, 0.05) is 27.5 Å². The third kappa shape index (κ3) is 4.34. The molecule has 1 nitrogen and oxygen atoms in total. The first-order valence-corrected chi connectivity index (χ1v) is 8.18. The molecule has 0 aromatic heterocycles. The topological polar surface area (TPSA) is 12.0 Å². The largest absolute Gasteiger partial charge is 0.313 e. The third-order valence-corrected chi connectivity index (χ3v) is 6.61. The van der Waals surface area contributed by atoms with Crippen LogP contribution >= 0.6 is 23.5 Å². The monoisotopic (exact) mass is 259 g/mol. The normalized spacial score (nSPS) is 32.4. The zero-order valence-corrected chi connectivity index (χ0v) is 12.6. The summed E-state index contributed by atoms with van der Waals surface area (Å²) < 4.78 is 0. The van der Waals surface area contributed by atoms with Crippen molar-refractivity contribution in [3.63, 3.8) is 0 Å². The zero-order valence-electron chi connectivity index (χ0n) is 11.0. The first-order valence-electron chi connectivity index (χ1n) is 6.19. The highest BCUT2D eigenvalue weighted by Gasteiger charge is 2.30. The molecule has 1 aliphatic heterocycles. The highest BCUT2D eigenvalue weighted by molar-refractivity contribution is 8.07. The van der Waals surface area contributed by atoms with E-state index in [-0.39, 0.29) is 0 Å². The maximum Gasteiger partial charge on any atom is 0.0297 e. The van der Waals surface area contributed by atoms with Crippen LogP contribution in [0.3, 0.4) is 0 Å². The van der Waals surface area contributed by atoms with E-state index < -0.39 is 0 Å². The molecule has 0 saturated carbocycles. The van der Waals surface area contributed by atoms with E-state index in [0.717, 1.165) is 28.7 Å². The second kappa shape index (κ2) is 6.97. The van der Waals surface area contributed by atoms with Crippen LogP contribution in [0.15, 0.2) is 12.2 Å². The van der Waals surface area contributed by atoms with Crippen molar-refractivity contribution >= 4 is 23.5 Å². The van der Waals surface area contributed by atoms with Crippen LogP contribution < -0.4 is 5.32 Å². The second-order valence-corrected chi connectivity index (χ2v) is 7.77. The summed E-state index contributed by atoms with van der Waals surface area (Å²) >= 11 is 4.29. The van der Waals surface area contributed by atoms with Gasteiger partial charge < -0.3 is 5.32 Å². The predicted octanol–water partition coefficient (Wildman–Crippen LogP) is 3.56. The minimum atomic E-state index is 0.606. The summed E-state index contributed by atoms with van der Waals surface area (Å²) in [7, 11) is 0. The summed E-state index contributed by atoms with van der Waals surface area (Å²) in [6, 6.07) is 0.606. The Morgan fingerprint density at radius 2 is 2.12 bits per heavy atom. The number of hydrogen-bond donors (Lipinski definition) is 1. The van der Waals surface area contributed by atoms with Crippen LogP contribution in [0.25, 0.3) is 0 Å². The lowest BCUT2D eigenvalue weighted by atomic mass is 10.1. The Morgan fingerprint density at radius 3 is 2.62 bits per heavy atom. The van der Waals surface area contributed by atoms with Gasteiger partial charge in [-0.05, 0) is 19.9 Å². The molecule has 0 radical (unpaired) electrons. The molecule has 1 fully saturated rings. The maximum atomic E-state index is 4.05. The molecule has 4 atom stereocenters. The van der Waals surface area contributed by atoms with Crippen molar-refractivity contribution in [1.29, 1.82) is 0 Å². The van der Waals surface area contributed by atoms with E-state index in [9.17, 15) is 0 Å². The molecule has 3 heteroatoms. The first-order chi connectivity index (χ1) is 7.54. The van der Waals surface area contributed by atoms with Gasteiger partial charge in [-0.1, -0.05) is 26.3 Å². The Kier molecular flexibility index (Phi) is 6.30. The van der Waals surface area contributed by atoms with E-state index in [0.29, 0.717) is 6.04 Å². The number of thioether (sulfide) groups is 2. The Balaban J connectivity index is 2.53. The van der Waals surface area contributed by atoms with E-state index in [1.165, 1.54) is 11.3 Å². The van der Waals surface area contributed by atoms with E-state index in [2.05, 4.69) is 63.1 Å². The van der Waals surface area contributed by atoms with E-state index >= 15 is 0 Å². The van der Waals surface area contributed by atoms with Crippen molar-refractivity contribution < 1.29 is 0 Å². The molecule has 16 heavy (non-hydrogen) atoms. The Bertz CT molecular complexity index is 230. The first kappa shape index (κ1) is 14.5. The molecule has 1 aliphatic rings. The van der Waals surface area contributed by atoms with Crippen molar-refractivity contribution in [1.82, 2.24) is 5.32 Å². The molecule has 0 aromatic carbocycles. The van der Waals surface area contributed by atoms with Crippen molar-refractivity contribution in [2.45, 2.75) is 55.9 Å². The van der Waals surface area contributed by atoms with Crippen molar-refractivity contribution in [2.75, 3.05) is 12.3 Å². The van der Waals surface area contributed by atoms with Gasteiger partial charge in [-0.2, -0.15) is 23.5 Å². The molecule has 0 bridgehead atoms. The molecule has 0 aromatic rings. The average molecular weight is 259 g/mol. The lowest BCUT2D eigenvalue weighted by Crippen LogP contribution is -2.43. The fourth-order valence-electron chi connectivity index (χ4n) is 1.99. The van der Waals surface area contributed by atoms with Gasteiger partial charge in [0.1, 0.15) is 0 Å². The van der Waals surface area contributed by atoms with Gasteiger partial charge in [0.15, 0.2) is 0 Å². The van der Waals surface area contributed by atoms with Crippen LogP contribution in [-0.2, 0) is 0 Å². The number of nitrogens with one attached hydrogen (secondary N) is 1. The molecule has 1 heterocycles. The van der Waals surface area contributed by atoms with Crippen LogP contribution in [0.5, 0.6) is 0 Å². The van der Waals surface area contributed by atoms with E-state index in [1.54, 1.807) is 0 Å². The quantitative estimate of drug-likeness (QED) is 0.758. The second-order valence-electron chi connectivity index (χ2n) is 4.74. The zero-order chi connectivity index (χ0) is 12.1. The van der Waals surface area contributed by atoms with Gasteiger partial charge in [-0.3, -0.25) is 0 Å². The summed E-state index contributed by atoms with van der Waals surface area (Å²) in [6.07, 6.45) is 1.12. The molecule has 0 spiro atoms. The van der Waals surface area contributed by atoms with Crippen LogP contribution in [0.2, 0.25) is 0 Å². The van der Waals surface area contributed by atoms with Crippen molar-refractivity contribution in [3.8, 4) is 0 Å². The molecule has 0 aliphatic carbocycles. The van der Waals surface area contributed by atoms with Gasteiger partial charge in [-0.15, -0.1) is 6.58 Å². The van der Waals surface area contributed by atoms with Crippen LogP contribution in [-0.4, -0.2) is 34.1 Å². The van der Waals surface area contributed by atoms with Gasteiger partial charge in [0.2, 0.25) is 0 Å². The third-order valence-electron chi connectivity index (χ3n) is 3.06. The Morgan fingerprint density at radius 1 is 1.44 bits per heavy atom. The van der Waals surface area contributed by atoms with Gasteiger partial charge in [-0.25, -0.2) is 0 Å². The molecular weight excluding hydrogens is 234 g/mol. The Labute approximate surface area is 109 Å². The summed E-state index contributed by atoms with van der Waals surface area (Å²) in [5.41, 5.74) is 1.29. The predicted molar refractivity (Wildman–Crippen MR) is 79.7 cm³/mol. The summed E-state index contributed by atoms with van der Waals surface area (Å²) in [5, 5.41) is 5.94. The van der Waals surface area contributed by atoms with Crippen LogP contribution in [0.1, 0.15) is 34.1 Å². The van der Waals surface area contributed by atoms with Crippen molar-refractivity contribution in [3.05, 3.63) is 12.2 Å². The fraction of sp³-hybridized carbons (Fsp3) is 0.846. The number of rotatable bonds is 5. The van der Waals surface area contributed by atoms with Gasteiger partial charge in [0.25, 0.3) is 0 Å². The fourth-order valence-corrected chi connectivity index (χ4v) is 5.12. The molecule has 94 valence electrons. The lowest BCUT2D eigenvalue weighted by Gasteiger charge is -2.36. The molecule has 1 saturated heterocycles. The van der Waals surface area contributed by atoms with Crippen LogP contribution in [0, 0.1) is 0 Å². The maximum absolute atomic E-state index is 4.05. The smallest absolute Gasteiger partial charge is 0.0297 e. The summed E-state index contributed by atoms with van der Waals surface area (Å²) in [5.74, 6) is 1.28. The summed E-state index contributed by atoms with van der Waals surface area (Å²) in [6.45, 7) is 14.1. The van der Waals surface area contributed by atoms with E-state index in [4.69, 9.17) is 0 Å². The minimum Gasteiger partial charge on any atom is -0.313 e. The minimum absolute atomic E-state index is 0.606. The van der Waals surface area contributed by atoms with Gasteiger partial charge in [0.05, 0.1) is 0 Å². The Hall–Kier alpha value is 0.400.